The second-order valence-electron chi connectivity index (χ2n) is 8.71. The number of allylic oxidation sites excluding steroid dienone is 1. The summed E-state index contributed by atoms with van der Waals surface area (Å²) in [6.07, 6.45) is 1.45. The molecule has 4 aromatic carbocycles. The Bertz CT molecular complexity index is 1610. The fourth-order valence-corrected chi connectivity index (χ4v) is 5.18. The normalized spacial score (nSPS) is 11.7. The molecule has 0 fully saturated rings. The summed E-state index contributed by atoms with van der Waals surface area (Å²) < 4.78 is 33.0. The summed E-state index contributed by atoms with van der Waals surface area (Å²) >= 11 is 0. The first-order valence-electron chi connectivity index (χ1n) is 12.1. The number of amides is 1. The number of fused-ring (bicyclic) bond motifs is 1. The van der Waals surface area contributed by atoms with Gasteiger partial charge >= 0.3 is 5.97 Å². The van der Waals surface area contributed by atoms with Crippen molar-refractivity contribution in [2.75, 3.05) is 16.6 Å². The van der Waals surface area contributed by atoms with Gasteiger partial charge in [0.1, 0.15) is 0 Å². The van der Waals surface area contributed by atoms with Crippen LogP contribution in [0.15, 0.2) is 97.1 Å². The van der Waals surface area contributed by atoms with Crippen LogP contribution in [0, 0.1) is 0 Å². The van der Waals surface area contributed by atoms with E-state index in [9.17, 15) is 18.0 Å². The second kappa shape index (κ2) is 11.7. The van der Waals surface area contributed by atoms with E-state index in [1.54, 1.807) is 37.3 Å². The summed E-state index contributed by atoms with van der Waals surface area (Å²) in [4.78, 5) is 25.5. The third-order valence-corrected chi connectivity index (χ3v) is 7.06. The SMILES string of the molecule is CCOC(=O)c1cc(NS(=O)(=O)Cc2ccccc2)ccc1NC(=O)C=C(C)c1ccc2ccccc2c1. The van der Waals surface area contributed by atoms with Crippen LogP contribution < -0.4 is 10.0 Å². The molecule has 0 aliphatic carbocycles. The number of carbonyl (C=O) groups excluding carboxylic acids is 2. The molecule has 0 aliphatic rings. The largest absolute Gasteiger partial charge is 0.462 e. The molecule has 0 spiro atoms. The fourth-order valence-electron chi connectivity index (χ4n) is 3.99. The number of sulfonamides is 1. The average molecular weight is 529 g/mol. The quantitative estimate of drug-likeness (QED) is 0.205. The van der Waals surface area contributed by atoms with Crippen molar-refractivity contribution in [1.82, 2.24) is 0 Å². The lowest BCUT2D eigenvalue weighted by molar-refractivity contribution is -0.111. The van der Waals surface area contributed by atoms with Crippen LogP contribution in [0.3, 0.4) is 0 Å². The Morgan fingerprint density at radius 1 is 0.868 bits per heavy atom. The van der Waals surface area contributed by atoms with E-state index >= 15 is 0 Å². The molecule has 0 aliphatic heterocycles. The molecular formula is C30H28N2O5S. The van der Waals surface area contributed by atoms with Crippen LogP contribution >= 0.6 is 0 Å². The number of anilines is 2. The van der Waals surface area contributed by atoms with Crippen LogP contribution in [0.25, 0.3) is 16.3 Å². The highest BCUT2D eigenvalue weighted by Crippen LogP contribution is 2.25. The first-order chi connectivity index (χ1) is 18.2. The molecule has 4 rings (SSSR count). The molecule has 0 heterocycles. The minimum absolute atomic E-state index is 0.0388. The van der Waals surface area contributed by atoms with Gasteiger partial charge in [-0.05, 0) is 65.6 Å². The average Bonchev–Trinajstić information content (AvgIpc) is 2.89. The van der Waals surface area contributed by atoms with Gasteiger partial charge in [0, 0.05) is 11.8 Å². The van der Waals surface area contributed by atoms with E-state index in [0.717, 1.165) is 21.9 Å². The van der Waals surface area contributed by atoms with Crippen molar-refractivity contribution in [2.45, 2.75) is 19.6 Å². The fraction of sp³-hybridized carbons (Fsp3) is 0.133. The lowest BCUT2D eigenvalue weighted by atomic mass is 10.0. The van der Waals surface area contributed by atoms with Crippen LogP contribution in [0.2, 0.25) is 0 Å². The minimum Gasteiger partial charge on any atom is -0.462 e. The highest BCUT2D eigenvalue weighted by atomic mass is 32.2. The van der Waals surface area contributed by atoms with Gasteiger partial charge in [-0.15, -0.1) is 0 Å². The summed E-state index contributed by atoms with van der Waals surface area (Å²) in [5, 5.41) is 4.89. The third kappa shape index (κ3) is 6.86. The van der Waals surface area contributed by atoms with E-state index < -0.39 is 21.9 Å². The Morgan fingerprint density at radius 2 is 1.58 bits per heavy atom. The Hall–Kier alpha value is -4.43. The zero-order valence-corrected chi connectivity index (χ0v) is 21.9. The van der Waals surface area contributed by atoms with Gasteiger partial charge in [-0.25, -0.2) is 13.2 Å². The maximum Gasteiger partial charge on any atom is 0.340 e. The van der Waals surface area contributed by atoms with Gasteiger partial charge in [-0.3, -0.25) is 9.52 Å². The molecule has 4 aromatic rings. The van der Waals surface area contributed by atoms with Crippen molar-refractivity contribution < 1.29 is 22.7 Å². The molecule has 0 saturated heterocycles. The molecule has 8 heteroatoms. The highest BCUT2D eigenvalue weighted by Gasteiger charge is 2.18. The first kappa shape index (κ1) is 26.6. The molecule has 1 amide bonds. The van der Waals surface area contributed by atoms with Gasteiger partial charge in [-0.2, -0.15) is 0 Å². The molecule has 7 nitrogen and oxygen atoms in total. The monoisotopic (exact) mass is 528 g/mol. The van der Waals surface area contributed by atoms with Gasteiger partial charge in [0.2, 0.25) is 15.9 Å². The maximum atomic E-state index is 12.9. The Labute approximate surface area is 222 Å². The highest BCUT2D eigenvalue weighted by molar-refractivity contribution is 7.91. The van der Waals surface area contributed by atoms with Crippen molar-refractivity contribution in [3.8, 4) is 0 Å². The summed E-state index contributed by atoms with van der Waals surface area (Å²) in [7, 11) is -3.74. The van der Waals surface area contributed by atoms with E-state index in [1.807, 2.05) is 49.4 Å². The molecule has 0 bridgehead atoms. The smallest absolute Gasteiger partial charge is 0.340 e. The van der Waals surface area contributed by atoms with E-state index in [2.05, 4.69) is 10.0 Å². The Kier molecular flexibility index (Phi) is 8.23. The zero-order chi connectivity index (χ0) is 27.1. The summed E-state index contributed by atoms with van der Waals surface area (Å²) in [5.41, 5.74) is 2.70. The molecule has 2 N–H and O–H groups in total. The van der Waals surface area contributed by atoms with Gasteiger partial charge in [0.05, 0.1) is 23.6 Å². The van der Waals surface area contributed by atoms with Crippen LogP contribution in [0.4, 0.5) is 11.4 Å². The van der Waals surface area contributed by atoms with E-state index in [1.165, 1.54) is 24.3 Å². The molecule has 0 aromatic heterocycles. The molecule has 194 valence electrons. The number of benzene rings is 4. The van der Waals surface area contributed by atoms with Crippen molar-refractivity contribution in [1.29, 1.82) is 0 Å². The van der Waals surface area contributed by atoms with Crippen LogP contribution in [0.5, 0.6) is 0 Å². The Balaban J connectivity index is 1.55. The minimum atomic E-state index is -3.74. The number of nitrogens with one attached hydrogen (secondary N) is 2. The molecule has 0 saturated carbocycles. The van der Waals surface area contributed by atoms with Crippen LogP contribution in [-0.4, -0.2) is 26.9 Å². The predicted molar refractivity (Wildman–Crippen MR) is 151 cm³/mol. The van der Waals surface area contributed by atoms with Gasteiger partial charge in [0.25, 0.3) is 0 Å². The van der Waals surface area contributed by atoms with Gasteiger partial charge in [-0.1, -0.05) is 66.7 Å². The molecule has 0 radical (unpaired) electrons. The lowest BCUT2D eigenvalue weighted by Crippen LogP contribution is -2.17. The van der Waals surface area contributed by atoms with Crippen molar-refractivity contribution >= 4 is 49.6 Å². The van der Waals surface area contributed by atoms with E-state index in [0.29, 0.717) is 5.56 Å². The zero-order valence-electron chi connectivity index (χ0n) is 21.1. The van der Waals surface area contributed by atoms with Crippen molar-refractivity contribution in [3.63, 3.8) is 0 Å². The van der Waals surface area contributed by atoms with Gasteiger partial charge < -0.3 is 10.1 Å². The predicted octanol–water partition coefficient (Wildman–Crippen LogP) is 6.00. The first-order valence-corrected chi connectivity index (χ1v) is 13.7. The standard InChI is InChI=1S/C30H28N2O5S/c1-3-37-30(34)27-19-26(32-38(35,36)20-22-9-5-4-6-10-22)15-16-28(27)31-29(33)17-21(2)24-14-13-23-11-7-8-12-25(23)18-24/h4-19,32H,3,20H2,1-2H3,(H,31,33). The molecule has 0 unspecified atom stereocenters. The topological polar surface area (TPSA) is 102 Å². The number of rotatable bonds is 9. The van der Waals surface area contributed by atoms with Crippen LogP contribution in [-0.2, 0) is 25.3 Å². The number of esters is 1. The summed E-state index contributed by atoms with van der Waals surface area (Å²) in [6.45, 7) is 3.62. The van der Waals surface area contributed by atoms with E-state index in [4.69, 9.17) is 4.74 Å². The van der Waals surface area contributed by atoms with Crippen molar-refractivity contribution in [2.24, 2.45) is 0 Å². The molecular weight excluding hydrogens is 500 g/mol. The number of ether oxygens (including phenoxy) is 1. The maximum absolute atomic E-state index is 12.9. The van der Waals surface area contributed by atoms with Gasteiger partial charge in [0.15, 0.2) is 0 Å². The number of carbonyl (C=O) groups is 2. The molecule has 38 heavy (non-hydrogen) atoms. The third-order valence-electron chi connectivity index (χ3n) is 5.80. The second-order valence-corrected chi connectivity index (χ2v) is 10.4. The Morgan fingerprint density at radius 3 is 2.32 bits per heavy atom. The number of hydrogen-bond donors (Lipinski definition) is 2. The summed E-state index contributed by atoms with van der Waals surface area (Å²) in [5.74, 6) is -1.33. The number of hydrogen-bond acceptors (Lipinski definition) is 5. The van der Waals surface area contributed by atoms with Crippen LogP contribution in [0.1, 0.15) is 35.3 Å². The lowest BCUT2D eigenvalue weighted by Gasteiger charge is -2.13. The van der Waals surface area contributed by atoms with Crippen molar-refractivity contribution in [3.05, 3.63) is 114 Å². The molecule has 0 atom stereocenters. The van der Waals surface area contributed by atoms with E-state index in [-0.39, 0.29) is 29.3 Å². The summed E-state index contributed by atoms with van der Waals surface area (Å²) in [6, 6.07) is 27.0.